The van der Waals surface area contributed by atoms with Gasteiger partial charge in [0.25, 0.3) is 0 Å². The lowest BCUT2D eigenvalue weighted by atomic mass is 9.88. The summed E-state index contributed by atoms with van der Waals surface area (Å²) in [5, 5.41) is 0. The third-order valence-electron chi connectivity index (χ3n) is 3.44. The van der Waals surface area contributed by atoms with E-state index >= 15 is 0 Å². The molecule has 4 heteroatoms. The Morgan fingerprint density at radius 3 is 2.35 bits per heavy atom. The van der Waals surface area contributed by atoms with Gasteiger partial charge in [0.05, 0.1) is 17.2 Å². The van der Waals surface area contributed by atoms with Gasteiger partial charge in [-0.05, 0) is 33.2 Å². The topological polar surface area (TPSA) is 38.5 Å². The minimum atomic E-state index is -0.0150. The molecule has 0 amide bonds. The summed E-state index contributed by atoms with van der Waals surface area (Å²) in [4.78, 5) is 3.11. The summed E-state index contributed by atoms with van der Waals surface area (Å²) in [6.07, 6.45) is 2.90. The van der Waals surface area contributed by atoms with E-state index in [0.29, 0.717) is 17.2 Å². The molecule has 2 atom stereocenters. The molecule has 0 aromatic heterocycles. The van der Waals surface area contributed by atoms with Crippen LogP contribution in [0.25, 0.3) is 0 Å². The van der Waals surface area contributed by atoms with Crippen LogP contribution in [-0.4, -0.2) is 41.7 Å². The van der Waals surface area contributed by atoms with Crippen molar-refractivity contribution in [3.63, 3.8) is 0 Å². The van der Waals surface area contributed by atoms with Crippen LogP contribution >= 0.6 is 12.2 Å². The molecule has 0 saturated carbocycles. The molecule has 0 aliphatic carbocycles. The van der Waals surface area contributed by atoms with Crippen molar-refractivity contribution < 1.29 is 4.74 Å². The first-order valence-corrected chi connectivity index (χ1v) is 6.90. The number of thiocarbonyl (C=S) groups is 1. The summed E-state index contributed by atoms with van der Waals surface area (Å²) in [7, 11) is 0. The predicted molar refractivity (Wildman–Crippen MR) is 76.2 cm³/mol. The number of nitrogens with zero attached hydrogens (tertiary/aromatic N) is 1. The van der Waals surface area contributed by atoms with Gasteiger partial charge in [0, 0.05) is 18.5 Å². The predicted octanol–water partition coefficient (Wildman–Crippen LogP) is 2.19. The lowest BCUT2D eigenvalue weighted by molar-refractivity contribution is -0.0684. The van der Waals surface area contributed by atoms with Crippen molar-refractivity contribution >= 4 is 17.2 Å². The zero-order chi connectivity index (χ0) is 13.1. The molecule has 2 N–H and O–H groups in total. The fourth-order valence-corrected chi connectivity index (χ4v) is 2.44. The van der Waals surface area contributed by atoms with Crippen LogP contribution in [0, 0.1) is 5.41 Å². The zero-order valence-corrected chi connectivity index (χ0v) is 12.3. The summed E-state index contributed by atoms with van der Waals surface area (Å²) >= 11 is 5.08. The molecule has 0 aromatic rings. The maximum atomic E-state index is 5.73. The van der Waals surface area contributed by atoms with Gasteiger partial charge in [-0.15, -0.1) is 0 Å². The van der Waals surface area contributed by atoms with Crippen LogP contribution in [0.3, 0.4) is 0 Å². The number of hydrogen-bond acceptors (Lipinski definition) is 3. The van der Waals surface area contributed by atoms with Gasteiger partial charge in [0.2, 0.25) is 0 Å². The Morgan fingerprint density at radius 2 is 1.88 bits per heavy atom. The minimum absolute atomic E-state index is 0.0150. The Labute approximate surface area is 111 Å². The normalized spacial score (nSPS) is 27.1. The Hall–Kier alpha value is -0.190. The molecule has 0 unspecified atom stereocenters. The largest absolute Gasteiger partial charge is 0.393 e. The smallest absolute Gasteiger partial charge is 0.0784 e. The molecule has 0 radical (unpaired) electrons. The molecule has 100 valence electrons. The molecule has 1 aliphatic rings. The molecular weight excluding hydrogens is 232 g/mol. The average molecular weight is 258 g/mol. The third-order valence-corrected chi connectivity index (χ3v) is 3.99. The molecule has 0 spiro atoms. The Kier molecular flexibility index (Phi) is 5.35. The quantitative estimate of drug-likeness (QED) is 0.767. The van der Waals surface area contributed by atoms with Crippen molar-refractivity contribution in [2.75, 3.05) is 19.6 Å². The van der Waals surface area contributed by atoms with Gasteiger partial charge in [-0.2, -0.15) is 0 Å². The van der Waals surface area contributed by atoms with E-state index in [2.05, 4.69) is 32.6 Å². The molecule has 0 bridgehead atoms. The van der Waals surface area contributed by atoms with E-state index in [-0.39, 0.29) is 5.41 Å². The summed E-state index contributed by atoms with van der Waals surface area (Å²) in [6, 6.07) is 0. The Morgan fingerprint density at radius 1 is 1.35 bits per heavy atom. The molecule has 17 heavy (non-hydrogen) atoms. The SMILES string of the molecule is C[C@@H]1CN(CCCC(C)(C)C(N)=S)C[C@H](C)O1. The summed E-state index contributed by atoms with van der Waals surface area (Å²) < 4.78 is 5.72. The average Bonchev–Trinajstić information content (AvgIpc) is 2.15. The van der Waals surface area contributed by atoms with E-state index < -0.39 is 0 Å². The van der Waals surface area contributed by atoms with Gasteiger partial charge < -0.3 is 10.5 Å². The van der Waals surface area contributed by atoms with E-state index in [1.54, 1.807) is 0 Å². The van der Waals surface area contributed by atoms with Gasteiger partial charge >= 0.3 is 0 Å². The van der Waals surface area contributed by atoms with Gasteiger partial charge in [-0.3, -0.25) is 4.90 Å². The highest BCUT2D eigenvalue weighted by Crippen LogP contribution is 2.23. The van der Waals surface area contributed by atoms with Crippen molar-refractivity contribution in [3.05, 3.63) is 0 Å². The fourth-order valence-electron chi connectivity index (χ4n) is 2.33. The van der Waals surface area contributed by atoms with Gasteiger partial charge in [-0.1, -0.05) is 26.1 Å². The van der Waals surface area contributed by atoms with E-state index in [1.807, 2.05) is 0 Å². The lowest BCUT2D eigenvalue weighted by Gasteiger charge is -2.35. The fraction of sp³-hybridized carbons (Fsp3) is 0.923. The molecule has 1 rings (SSSR count). The first-order chi connectivity index (χ1) is 7.81. The molecule has 3 nitrogen and oxygen atoms in total. The molecule has 0 aromatic carbocycles. The van der Waals surface area contributed by atoms with Gasteiger partial charge in [0.15, 0.2) is 0 Å². The molecule has 1 aliphatic heterocycles. The molecular formula is C13H26N2OS. The number of nitrogens with two attached hydrogens (primary N) is 1. The van der Waals surface area contributed by atoms with E-state index in [4.69, 9.17) is 22.7 Å². The summed E-state index contributed by atoms with van der Waals surface area (Å²) in [5.74, 6) is 0. The second-order valence-corrected chi connectivity index (χ2v) is 6.31. The van der Waals surface area contributed by atoms with Crippen LogP contribution in [0.2, 0.25) is 0 Å². The Balaban J connectivity index is 2.29. The highest BCUT2D eigenvalue weighted by atomic mass is 32.1. The minimum Gasteiger partial charge on any atom is -0.393 e. The van der Waals surface area contributed by atoms with Crippen molar-refractivity contribution in [1.29, 1.82) is 0 Å². The van der Waals surface area contributed by atoms with E-state index in [9.17, 15) is 0 Å². The first kappa shape index (κ1) is 14.9. The second kappa shape index (κ2) is 6.12. The van der Waals surface area contributed by atoms with Crippen LogP contribution in [0.5, 0.6) is 0 Å². The Bertz CT molecular complexity index is 258. The highest BCUT2D eigenvalue weighted by molar-refractivity contribution is 7.80. The monoisotopic (exact) mass is 258 g/mol. The van der Waals surface area contributed by atoms with Crippen LogP contribution in [0.1, 0.15) is 40.5 Å². The number of rotatable bonds is 5. The molecule has 1 heterocycles. The van der Waals surface area contributed by atoms with Crippen LogP contribution in [-0.2, 0) is 4.74 Å². The van der Waals surface area contributed by atoms with Gasteiger partial charge in [-0.25, -0.2) is 0 Å². The first-order valence-electron chi connectivity index (χ1n) is 6.49. The van der Waals surface area contributed by atoms with Crippen molar-refractivity contribution in [1.82, 2.24) is 4.90 Å². The van der Waals surface area contributed by atoms with Crippen molar-refractivity contribution in [2.45, 2.75) is 52.7 Å². The van der Waals surface area contributed by atoms with Crippen LogP contribution < -0.4 is 5.73 Å². The standard InChI is InChI=1S/C13H26N2OS/c1-10-8-15(9-11(2)16-10)7-5-6-13(3,4)12(14)17/h10-11H,5-9H2,1-4H3,(H2,14,17)/t10-,11+. The number of ether oxygens (including phenoxy) is 1. The third kappa shape index (κ3) is 4.90. The van der Waals surface area contributed by atoms with E-state index in [0.717, 1.165) is 32.5 Å². The van der Waals surface area contributed by atoms with E-state index in [1.165, 1.54) is 0 Å². The van der Waals surface area contributed by atoms with Crippen molar-refractivity contribution in [3.8, 4) is 0 Å². The maximum Gasteiger partial charge on any atom is 0.0784 e. The highest BCUT2D eigenvalue weighted by Gasteiger charge is 2.24. The zero-order valence-electron chi connectivity index (χ0n) is 11.5. The molecule has 1 saturated heterocycles. The summed E-state index contributed by atoms with van der Waals surface area (Å²) in [5.41, 5.74) is 5.72. The second-order valence-electron chi connectivity index (χ2n) is 5.87. The lowest BCUT2D eigenvalue weighted by Crippen LogP contribution is -2.45. The van der Waals surface area contributed by atoms with Crippen LogP contribution in [0.15, 0.2) is 0 Å². The van der Waals surface area contributed by atoms with Crippen molar-refractivity contribution in [2.24, 2.45) is 11.1 Å². The molecule has 1 fully saturated rings. The van der Waals surface area contributed by atoms with Crippen LogP contribution in [0.4, 0.5) is 0 Å². The number of hydrogen-bond donors (Lipinski definition) is 1. The maximum absolute atomic E-state index is 5.73. The summed E-state index contributed by atoms with van der Waals surface area (Å²) in [6.45, 7) is 11.7. The number of morpholine rings is 1. The van der Waals surface area contributed by atoms with Gasteiger partial charge in [0.1, 0.15) is 0 Å².